The van der Waals surface area contributed by atoms with Gasteiger partial charge in [-0.1, -0.05) is 24.3 Å². The number of hydrogen-bond acceptors (Lipinski definition) is 3. The zero-order chi connectivity index (χ0) is 16.9. The molecule has 1 atom stereocenters. The second-order valence-corrected chi connectivity index (χ2v) is 6.07. The molecule has 4 heteroatoms. The minimum Gasteiger partial charge on any atom is -0.497 e. The van der Waals surface area contributed by atoms with Gasteiger partial charge in [-0.25, -0.2) is 0 Å². The van der Waals surface area contributed by atoms with Gasteiger partial charge in [-0.05, 0) is 48.6 Å². The summed E-state index contributed by atoms with van der Waals surface area (Å²) in [5, 5.41) is 3.18. The first-order valence-electron chi connectivity index (χ1n) is 8.29. The number of carbonyl (C=O) groups excluding carboxylic acids is 1. The molecule has 1 aliphatic rings. The van der Waals surface area contributed by atoms with E-state index in [1.165, 1.54) is 11.1 Å². The lowest BCUT2D eigenvalue weighted by Crippen LogP contribution is -2.32. The third-order valence-corrected chi connectivity index (χ3v) is 4.54. The molecule has 3 rings (SSSR count). The van der Waals surface area contributed by atoms with E-state index in [1.807, 2.05) is 24.3 Å². The summed E-state index contributed by atoms with van der Waals surface area (Å²) < 4.78 is 10.6. The molecule has 0 bridgehead atoms. The van der Waals surface area contributed by atoms with Gasteiger partial charge >= 0.3 is 0 Å². The topological polar surface area (TPSA) is 47.6 Å². The van der Waals surface area contributed by atoms with Crippen molar-refractivity contribution in [3.63, 3.8) is 0 Å². The van der Waals surface area contributed by atoms with E-state index < -0.39 is 0 Å². The average molecular weight is 325 g/mol. The van der Waals surface area contributed by atoms with Crippen molar-refractivity contribution in [1.29, 1.82) is 0 Å². The fraction of sp³-hybridized carbons (Fsp3) is 0.350. The molecule has 2 aromatic carbocycles. The van der Waals surface area contributed by atoms with Crippen LogP contribution >= 0.6 is 0 Å². The van der Waals surface area contributed by atoms with Crippen LogP contribution in [0.4, 0.5) is 0 Å². The Morgan fingerprint density at radius 3 is 2.79 bits per heavy atom. The third kappa shape index (κ3) is 3.53. The van der Waals surface area contributed by atoms with E-state index >= 15 is 0 Å². The molecule has 0 fully saturated rings. The summed E-state index contributed by atoms with van der Waals surface area (Å²) in [5.74, 6) is 1.43. The molecule has 2 aromatic rings. The predicted octanol–water partition coefficient (Wildman–Crippen LogP) is 3.44. The van der Waals surface area contributed by atoms with Gasteiger partial charge < -0.3 is 14.8 Å². The van der Waals surface area contributed by atoms with Gasteiger partial charge in [0.1, 0.15) is 11.5 Å². The van der Waals surface area contributed by atoms with Crippen LogP contribution in [0.2, 0.25) is 0 Å². The highest BCUT2D eigenvalue weighted by Gasteiger charge is 2.22. The molecular formula is C20H23NO3. The van der Waals surface area contributed by atoms with Crippen LogP contribution in [0, 0.1) is 0 Å². The Hall–Kier alpha value is -2.49. The molecule has 1 amide bonds. The number of amides is 1. The van der Waals surface area contributed by atoms with E-state index in [1.54, 1.807) is 14.2 Å². The van der Waals surface area contributed by atoms with Crippen LogP contribution in [-0.4, -0.2) is 20.1 Å². The standard InChI is InChI=1S/C20H23NO3/c1-23-16-10-11-19(24-2)15(12-16)13-20(22)21-18-9-5-7-14-6-3-4-8-17(14)18/h3-4,6,8,10-12,18H,5,7,9,13H2,1-2H3,(H,21,22)/t18-/m0/s1. The minimum absolute atomic E-state index is 0.00301. The Kier molecular flexibility index (Phi) is 5.04. The minimum atomic E-state index is 0.00301. The third-order valence-electron chi connectivity index (χ3n) is 4.54. The van der Waals surface area contributed by atoms with Gasteiger partial charge in [0.05, 0.1) is 26.7 Å². The maximum absolute atomic E-state index is 12.6. The lowest BCUT2D eigenvalue weighted by Gasteiger charge is -2.26. The number of aryl methyl sites for hydroxylation is 1. The largest absolute Gasteiger partial charge is 0.497 e. The quantitative estimate of drug-likeness (QED) is 0.916. The summed E-state index contributed by atoms with van der Waals surface area (Å²) in [4.78, 5) is 12.6. The Morgan fingerprint density at radius 2 is 2.00 bits per heavy atom. The molecule has 24 heavy (non-hydrogen) atoms. The molecule has 0 aliphatic heterocycles. The fourth-order valence-corrected chi connectivity index (χ4v) is 3.34. The van der Waals surface area contributed by atoms with Gasteiger partial charge in [0.25, 0.3) is 0 Å². The highest BCUT2D eigenvalue weighted by atomic mass is 16.5. The Morgan fingerprint density at radius 1 is 1.17 bits per heavy atom. The molecule has 0 saturated heterocycles. The van der Waals surface area contributed by atoms with Crippen LogP contribution in [0.25, 0.3) is 0 Å². The molecular weight excluding hydrogens is 302 g/mol. The number of benzene rings is 2. The van der Waals surface area contributed by atoms with Crippen molar-refractivity contribution in [3.8, 4) is 11.5 Å². The normalized spacial score (nSPS) is 16.2. The molecule has 0 saturated carbocycles. The van der Waals surface area contributed by atoms with Crippen molar-refractivity contribution in [2.45, 2.75) is 31.7 Å². The molecule has 0 spiro atoms. The Balaban J connectivity index is 1.73. The van der Waals surface area contributed by atoms with Crippen LogP contribution < -0.4 is 14.8 Å². The highest BCUT2D eigenvalue weighted by molar-refractivity contribution is 5.80. The summed E-state index contributed by atoms with van der Waals surface area (Å²) >= 11 is 0. The highest BCUT2D eigenvalue weighted by Crippen LogP contribution is 2.30. The summed E-state index contributed by atoms with van der Waals surface area (Å²) in [6.45, 7) is 0. The molecule has 1 aliphatic carbocycles. The summed E-state index contributed by atoms with van der Waals surface area (Å²) in [6.07, 6.45) is 3.45. The summed E-state index contributed by atoms with van der Waals surface area (Å²) in [6, 6.07) is 14.0. The van der Waals surface area contributed by atoms with Crippen LogP contribution in [0.5, 0.6) is 11.5 Å². The molecule has 1 N–H and O–H groups in total. The van der Waals surface area contributed by atoms with Crippen LogP contribution in [-0.2, 0) is 17.6 Å². The first-order valence-corrected chi connectivity index (χ1v) is 8.29. The van der Waals surface area contributed by atoms with E-state index in [9.17, 15) is 4.79 Å². The van der Waals surface area contributed by atoms with Crippen molar-refractivity contribution < 1.29 is 14.3 Å². The number of fused-ring (bicyclic) bond motifs is 1. The van der Waals surface area contributed by atoms with Crippen molar-refractivity contribution >= 4 is 5.91 Å². The fourth-order valence-electron chi connectivity index (χ4n) is 3.34. The SMILES string of the molecule is COc1ccc(OC)c(CC(=O)N[C@H]2CCCc3ccccc32)c1. The summed E-state index contributed by atoms with van der Waals surface area (Å²) in [5.41, 5.74) is 3.42. The van der Waals surface area contributed by atoms with Gasteiger partial charge in [-0.2, -0.15) is 0 Å². The maximum atomic E-state index is 12.6. The first kappa shape index (κ1) is 16.4. The zero-order valence-electron chi connectivity index (χ0n) is 14.2. The zero-order valence-corrected chi connectivity index (χ0v) is 14.2. The van der Waals surface area contributed by atoms with Gasteiger partial charge in [0, 0.05) is 5.56 Å². The monoisotopic (exact) mass is 325 g/mol. The maximum Gasteiger partial charge on any atom is 0.225 e. The van der Waals surface area contributed by atoms with E-state index in [4.69, 9.17) is 9.47 Å². The van der Waals surface area contributed by atoms with Crippen molar-refractivity contribution in [2.24, 2.45) is 0 Å². The Bertz CT molecular complexity index is 727. The smallest absolute Gasteiger partial charge is 0.225 e. The van der Waals surface area contributed by atoms with Gasteiger partial charge in [-0.15, -0.1) is 0 Å². The molecule has 0 aromatic heterocycles. The van der Waals surface area contributed by atoms with Gasteiger partial charge in [0.2, 0.25) is 5.91 Å². The molecule has 4 nitrogen and oxygen atoms in total. The average Bonchev–Trinajstić information content (AvgIpc) is 2.62. The number of hydrogen-bond donors (Lipinski definition) is 1. The molecule has 126 valence electrons. The number of rotatable bonds is 5. The van der Waals surface area contributed by atoms with Crippen LogP contribution in [0.1, 0.15) is 35.6 Å². The van der Waals surface area contributed by atoms with Crippen LogP contribution in [0.3, 0.4) is 0 Å². The number of ether oxygens (including phenoxy) is 2. The van der Waals surface area contributed by atoms with E-state index in [0.717, 1.165) is 30.6 Å². The van der Waals surface area contributed by atoms with E-state index in [2.05, 4.69) is 23.5 Å². The second kappa shape index (κ2) is 7.39. The van der Waals surface area contributed by atoms with Crippen molar-refractivity contribution in [1.82, 2.24) is 5.32 Å². The molecule has 0 unspecified atom stereocenters. The van der Waals surface area contributed by atoms with Crippen molar-refractivity contribution in [3.05, 3.63) is 59.2 Å². The lowest BCUT2D eigenvalue weighted by molar-refractivity contribution is -0.121. The van der Waals surface area contributed by atoms with Crippen molar-refractivity contribution in [2.75, 3.05) is 14.2 Å². The number of carbonyl (C=O) groups is 1. The number of methoxy groups -OCH3 is 2. The van der Waals surface area contributed by atoms with Crippen LogP contribution in [0.15, 0.2) is 42.5 Å². The first-order chi connectivity index (χ1) is 11.7. The summed E-state index contributed by atoms with van der Waals surface area (Å²) in [7, 11) is 3.23. The second-order valence-electron chi connectivity index (χ2n) is 6.07. The predicted molar refractivity (Wildman–Crippen MR) is 93.5 cm³/mol. The molecule has 0 heterocycles. The van der Waals surface area contributed by atoms with E-state index in [0.29, 0.717) is 5.75 Å². The van der Waals surface area contributed by atoms with E-state index in [-0.39, 0.29) is 18.4 Å². The molecule has 0 radical (unpaired) electrons. The van der Waals surface area contributed by atoms with Gasteiger partial charge in [0.15, 0.2) is 0 Å². The Labute approximate surface area is 142 Å². The van der Waals surface area contributed by atoms with Gasteiger partial charge in [-0.3, -0.25) is 4.79 Å². The lowest BCUT2D eigenvalue weighted by atomic mass is 9.87. The number of nitrogens with one attached hydrogen (secondary N) is 1.